The van der Waals surface area contributed by atoms with Crippen LogP contribution in [-0.4, -0.2) is 46.5 Å². The van der Waals surface area contributed by atoms with E-state index in [4.69, 9.17) is 26.2 Å². The van der Waals surface area contributed by atoms with E-state index >= 15 is 0 Å². The second-order valence-electron chi connectivity index (χ2n) is 8.40. The number of aryl methyl sites for hydroxylation is 1. The summed E-state index contributed by atoms with van der Waals surface area (Å²) in [5, 5.41) is 8.28. The monoisotopic (exact) mass is 482 g/mol. The predicted octanol–water partition coefficient (Wildman–Crippen LogP) is 5.73. The van der Waals surface area contributed by atoms with Crippen LogP contribution in [0.15, 0.2) is 54.6 Å². The highest BCUT2D eigenvalue weighted by molar-refractivity contribution is 6.32. The van der Waals surface area contributed by atoms with Gasteiger partial charge in [0.05, 0.1) is 34.6 Å². The fourth-order valence-corrected chi connectivity index (χ4v) is 4.16. The predicted molar refractivity (Wildman–Crippen MR) is 133 cm³/mol. The van der Waals surface area contributed by atoms with E-state index in [2.05, 4.69) is 5.32 Å². The van der Waals surface area contributed by atoms with E-state index in [1.54, 1.807) is 15.6 Å². The van der Waals surface area contributed by atoms with E-state index in [0.29, 0.717) is 36.3 Å². The molecule has 1 aliphatic rings. The van der Waals surface area contributed by atoms with Gasteiger partial charge in [0.15, 0.2) is 0 Å². The van der Waals surface area contributed by atoms with Gasteiger partial charge in [0.1, 0.15) is 5.75 Å². The van der Waals surface area contributed by atoms with E-state index in [0.717, 1.165) is 42.8 Å². The highest BCUT2D eigenvalue weighted by Gasteiger charge is 2.27. The molecule has 0 radical (unpaired) electrons. The van der Waals surface area contributed by atoms with Crippen LogP contribution in [0, 0.1) is 6.92 Å². The lowest BCUT2D eigenvalue weighted by molar-refractivity contribution is 0.0793. The maximum Gasteiger partial charge on any atom is 0.317 e. The fraction of sp³-hybridized carbons (Fsp3) is 0.385. The lowest BCUT2D eigenvalue weighted by Crippen LogP contribution is -2.43. The third kappa shape index (κ3) is 5.72. The molecule has 3 aromatic rings. The fourth-order valence-electron chi connectivity index (χ4n) is 3.99. The quantitative estimate of drug-likeness (QED) is 0.423. The summed E-state index contributed by atoms with van der Waals surface area (Å²) in [5.41, 5.74) is 2.47. The number of rotatable bonds is 9. The molecule has 2 amide bonds. The van der Waals surface area contributed by atoms with Crippen LogP contribution in [0.4, 0.5) is 4.79 Å². The maximum atomic E-state index is 13.1. The molecule has 8 heteroatoms. The van der Waals surface area contributed by atoms with Crippen LogP contribution in [0.2, 0.25) is 5.02 Å². The third-order valence-corrected chi connectivity index (χ3v) is 6.10. The Morgan fingerprint density at radius 2 is 2.00 bits per heavy atom. The molecule has 0 saturated carbocycles. The number of urea groups is 1. The van der Waals surface area contributed by atoms with Crippen molar-refractivity contribution in [2.45, 2.75) is 45.8 Å². The molecule has 1 saturated heterocycles. The second kappa shape index (κ2) is 11.4. The van der Waals surface area contributed by atoms with Crippen LogP contribution < -0.4 is 10.1 Å². The van der Waals surface area contributed by atoms with Crippen LogP contribution in [0.3, 0.4) is 0 Å². The zero-order valence-electron chi connectivity index (χ0n) is 19.7. The Balaban J connectivity index is 1.71. The number of ether oxygens (including phenoxy) is 2. The number of para-hydroxylation sites is 2. The van der Waals surface area contributed by atoms with Gasteiger partial charge in [-0.25, -0.2) is 9.48 Å². The van der Waals surface area contributed by atoms with Gasteiger partial charge in [0.2, 0.25) is 5.88 Å². The van der Waals surface area contributed by atoms with Crippen molar-refractivity contribution in [3.63, 3.8) is 0 Å². The highest BCUT2D eigenvalue weighted by Crippen LogP contribution is 2.35. The van der Waals surface area contributed by atoms with Crippen molar-refractivity contribution in [1.82, 2.24) is 20.0 Å². The summed E-state index contributed by atoms with van der Waals surface area (Å²) in [6, 6.07) is 17.0. The Hall–Kier alpha value is -3.03. The molecule has 1 N–H and O–H groups in total. The molecule has 0 unspecified atom stereocenters. The first kappa shape index (κ1) is 24.1. The number of carbonyl (C=O) groups is 1. The number of hydrogen-bond donors (Lipinski definition) is 1. The topological polar surface area (TPSA) is 68.6 Å². The van der Waals surface area contributed by atoms with E-state index in [9.17, 15) is 4.79 Å². The zero-order chi connectivity index (χ0) is 23.9. The van der Waals surface area contributed by atoms with Crippen LogP contribution >= 0.6 is 11.6 Å². The molecule has 1 fully saturated rings. The van der Waals surface area contributed by atoms with Gasteiger partial charge in [-0.15, -0.1) is 0 Å². The normalized spacial score (nSPS) is 15.3. The number of nitrogens with zero attached hydrogens (tertiary/aromatic N) is 3. The minimum absolute atomic E-state index is 0.0322. The first-order chi connectivity index (χ1) is 16.6. The molecule has 0 aliphatic carbocycles. The highest BCUT2D eigenvalue weighted by atomic mass is 35.5. The van der Waals surface area contributed by atoms with Crippen LogP contribution in [0.1, 0.15) is 37.4 Å². The van der Waals surface area contributed by atoms with Crippen LogP contribution in [0.5, 0.6) is 11.6 Å². The minimum Gasteiger partial charge on any atom is -0.437 e. The van der Waals surface area contributed by atoms with Crippen molar-refractivity contribution >= 4 is 17.6 Å². The number of carbonyl (C=O) groups excluding carboxylic acids is 1. The Kier molecular flexibility index (Phi) is 8.08. The largest absolute Gasteiger partial charge is 0.437 e. The molecule has 0 spiro atoms. The first-order valence-corrected chi connectivity index (χ1v) is 12.1. The smallest absolute Gasteiger partial charge is 0.317 e. The van der Waals surface area contributed by atoms with Crippen molar-refractivity contribution in [3.8, 4) is 17.3 Å². The molecule has 180 valence electrons. The number of hydrogen-bond acceptors (Lipinski definition) is 4. The van der Waals surface area contributed by atoms with Crippen LogP contribution in [-0.2, 0) is 11.3 Å². The average Bonchev–Trinajstić information content (AvgIpc) is 3.47. The van der Waals surface area contributed by atoms with E-state index in [1.807, 2.05) is 62.4 Å². The van der Waals surface area contributed by atoms with Gasteiger partial charge >= 0.3 is 6.03 Å². The third-order valence-electron chi connectivity index (χ3n) is 5.79. The van der Waals surface area contributed by atoms with Gasteiger partial charge in [-0.1, -0.05) is 48.9 Å². The Bertz CT molecular complexity index is 1100. The summed E-state index contributed by atoms with van der Waals surface area (Å²) in [7, 11) is 0. The van der Waals surface area contributed by atoms with Gasteiger partial charge in [-0.05, 0) is 50.5 Å². The molecule has 34 heavy (non-hydrogen) atoms. The molecule has 7 nitrogen and oxygen atoms in total. The first-order valence-electron chi connectivity index (χ1n) is 11.8. The molecule has 1 atom stereocenters. The van der Waals surface area contributed by atoms with Gasteiger partial charge in [-0.3, -0.25) is 0 Å². The van der Waals surface area contributed by atoms with Crippen molar-refractivity contribution in [3.05, 3.63) is 70.9 Å². The summed E-state index contributed by atoms with van der Waals surface area (Å²) >= 11 is 6.41. The number of halogens is 1. The Morgan fingerprint density at radius 3 is 2.71 bits per heavy atom. The summed E-state index contributed by atoms with van der Waals surface area (Å²) in [5.74, 6) is 1.07. The molecule has 1 aliphatic heterocycles. The van der Waals surface area contributed by atoms with Gasteiger partial charge in [-0.2, -0.15) is 5.10 Å². The van der Waals surface area contributed by atoms with Crippen molar-refractivity contribution in [2.75, 3.05) is 19.7 Å². The minimum atomic E-state index is -0.118. The summed E-state index contributed by atoms with van der Waals surface area (Å²) in [6.07, 6.45) is 2.86. The average molecular weight is 483 g/mol. The standard InChI is InChI=1S/C26H31ClN4O3/c1-3-15-28-26(32)30(17-21-12-9-16-33-21)18-22-19(2)29-31(20-10-5-4-6-11-20)25(22)34-24-14-8-7-13-23(24)27/h4-8,10-11,13-14,21H,3,9,12,15-18H2,1-2H3,(H,28,32)/t21-/m0/s1. The van der Waals surface area contributed by atoms with E-state index in [1.165, 1.54) is 0 Å². The molecule has 4 rings (SSSR count). The molecular weight excluding hydrogens is 452 g/mol. The van der Waals surface area contributed by atoms with E-state index in [-0.39, 0.29) is 12.1 Å². The van der Waals surface area contributed by atoms with E-state index < -0.39 is 0 Å². The molecule has 2 heterocycles. The SMILES string of the molecule is CCCNC(=O)N(Cc1c(C)nn(-c2ccccc2)c1Oc1ccccc1Cl)C[C@@H]1CCCO1. The summed E-state index contributed by atoms with van der Waals surface area (Å²) < 4.78 is 14.0. The summed E-state index contributed by atoms with van der Waals surface area (Å²) in [4.78, 5) is 14.9. The van der Waals surface area contributed by atoms with Crippen molar-refractivity contribution in [2.24, 2.45) is 0 Å². The number of aromatic nitrogens is 2. The number of amides is 2. The molecule has 1 aromatic heterocycles. The van der Waals surface area contributed by atoms with Gasteiger partial charge < -0.3 is 19.7 Å². The number of benzene rings is 2. The maximum absolute atomic E-state index is 13.1. The molecule has 2 aromatic carbocycles. The van der Waals surface area contributed by atoms with Gasteiger partial charge in [0, 0.05) is 19.7 Å². The van der Waals surface area contributed by atoms with Crippen molar-refractivity contribution < 1.29 is 14.3 Å². The lowest BCUT2D eigenvalue weighted by atomic mass is 10.2. The Morgan fingerprint density at radius 1 is 1.24 bits per heavy atom. The molecule has 0 bridgehead atoms. The summed E-state index contributed by atoms with van der Waals surface area (Å²) in [6.45, 7) is 6.18. The van der Waals surface area contributed by atoms with Crippen LogP contribution in [0.25, 0.3) is 5.69 Å². The molecular formula is C26H31ClN4O3. The lowest BCUT2D eigenvalue weighted by Gasteiger charge is -2.26. The second-order valence-corrected chi connectivity index (χ2v) is 8.80. The zero-order valence-corrected chi connectivity index (χ0v) is 20.4. The van der Waals surface area contributed by atoms with Gasteiger partial charge in [0.25, 0.3) is 0 Å². The number of nitrogens with one attached hydrogen (secondary N) is 1. The Labute approximate surface area is 205 Å². The van der Waals surface area contributed by atoms with Crippen molar-refractivity contribution in [1.29, 1.82) is 0 Å².